The number of benzene rings is 1. The fraction of sp³-hybridized carbons (Fsp3) is 0.429. The third kappa shape index (κ3) is 4.09. The van der Waals surface area contributed by atoms with Gasteiger partial charge in [-0.05, 0) is 36.9 Å². The summed E-state index contributed by atoms with van der Waals surface area (Å²) in [5.74, 6) is -0.403. The molecule has 2 aliphatic rings. The maximum absolute atomic E-state index is 13.4. The summed E-state index contributed by atoms with van der Waals surface area (Å²) >= 11 is 1.54. The Morgan fingerprint density at radius 1 is 1.10 bits per heavy atom. The molecule has 8 heteroatoms. The Kier molecular flexibility index (Phi) is 5.48. The number of anilines is 1. The van der Waals surface area contributed by atoms with E-state index in [-0.39, 0.29) is 48.4 Å². The van der Waals surface area contributed by atoms with Gasteiger partial charge in [0.25, 0.3) is 0 Å². The van der Waals surface area contributed by atoms with Crippen LogP contribution in [0.25, 0.3) is 0 Å². The van der Waals surface area contributed by atoms with E-state index < -0.39 is 9.84 Å². The van der Waals surface area contributed by atoms with Crippen LogP contribution in [0.15, 0.2) is 41.8 Å². The minimum Gasteiger partial charge on any atom is -0.340 e. The van der Waals surface area contributed by atoms with Crippen LogP contribution in [0, 0.1) is 12.8 Å². The van der Waals surface area contributed by atoms with Gasteiger partial charge in [-0.2, -0.15) is 0 Å². The minimum absolute atomic E-state index is 0.00966. The molecule has 0 spiro atoms. The second-order valence-corrected chi connectivity index (χ2v) is 11.0. The summed E-state index contributed by atoms with van der Waals surface area (Å²) in [6.07, 6.45) is 0.782. The molecule has 0 bridgehead atoms. The topological polar surface area (TPSA) is 74.8 Å². The van der Waals surface area contributed by atoms with Crippen molar-refractivity contribution in [1.29, 1.82) is 0 Å². The predicted molar refractivity (Wildman–Crippen MR) is 114 cm³/mol. The first-order valence-electron chi connectivity index (χ1n) is 9.77. The summed E-state index contributed by atoms with van der Waals surface area (Å²) in [5.41, 5.74) is 1.89. The van der Waals surface area contributed by atoms with Crippen molar-refractivity contribution in [3.05, 3.63) is 52.2 Å². The molecular formula is C21H24N2O4S2. The Balaban J connectivity index is 1.68. The lowest BCUT2D eigenvalue weighted by molar-refractivity contribution is -0.138. The number of piperidine rings is 1. The first-order chi connectivity index (χ1) is 13.9. The molecule has 2 amide bonds. The zero-order chi connectivity index (χ0) is 20.6. The number of aryl methyl sites for hydroxylation is 1. The van der Waals surface area contributed by atoms with Gasteiger partial charge in [0, 0.05) is 30.1 Å². The first-order valence-corrected chi connectivity index (χ1v) is 12.5. The second-order valence-electron chi connectivity index (χ2n) is 7.68. The lowest BCUT2D eigenvalue weighted by Crippen LogP contribution is -2.52. The molecule has 29 heavy (non-hydrogen) atoms. The SMILES string of the molecule is Cc1ccc(N2C(=O)CCC(C(=O)N3CCS(=O)(=O)CC3)C2c2cccs2)cc1. The van der Waals surface area contributed by atoms with Gasteiger partial charge >= 0.3 is 0 Å². The maximum Gasteiger partial charge on any atom is 0.228 e. The normalized spacial score (nSPS) is 24.5. The van der Waals surface area contributed by atoms with Crippen LogP contribution in [0.3, 0.4) is 0 Å². The number of rotatable bonds is 3. The highest BCUT2D eigenvalue weighted by Crippen LogP contribution is 2.42. The third-order valence-corrected chi connectivity index (χ3v) is 8.27. The van der Waals surface area contributed by atoms with E-state index in [9.17, 15) is 18.0 Å². The molecule has 4 rings (SSSR count). The van der Waals surface area contributed by atoms with Gasteiger partial charge in [-0.15, -0.1) is 11.3 Å². The highest BCUT2D eigenvalue weighted by molar-refractivity contribution is 7.91. The first kappa shape index (κ1) is 20.1. The monoisotopic (exact) mass is 432 g/mol. The standard InChI is InChI=1S/C21H24N2O4S2/c1-15-4-6-16(7-5-15)23-19(24)9-8-17(20(23)18-3-2-12-28-18)21(25)22-10-13-29(26,27)14-11-22/h2-7,12,17,20H,8-11,13-14H2,1H3. The predicted octanol–water partition coefficient (Wildman–Crippen LogP) is 2.80. The number of hydrogen-bond donors (Lipinski definition) is 0. The van der Waals surface area contributed by atoms with Crippen LogP contribution in [0.2, 0.25) is 0 Å². The van der Waals surface area contributed by atoms with Crippen LogP contribution in [0.4, 0.5) is 5.69 Å². The van der Waals surface area contributed by atoms with Crippen LogP contribution >= 0.6 is 11.3 Å². The average Bonchev–Trinajstić information content (AvgIpc) is 3.22. The second kappa shape index (κ2) is 7.91. The van der Waals surface area contributed by atoms with E-state index in [0.717, 1.165) is 16.1 Å². The van der Waals surface area contributed by atoms with E-state index in [1.54, 1.807) is 21.1 Å². The number of carbonyl (C=O) groups is 2. The molecule has 2 fully saturated rings. The minimum atomic E-state index is -3.06. The van der Waals surface area contributed by atoms with Crippen molar-refractivity contribution in [3.63, 3.8) is 0 Å². The molecule has 0 aliphatic carbocycles. The van der Waals surface area contributed by atoms with Crippen molar-refractivity contribution in [2.75, 3.05) is 29.5 Å². The van der Waals surface area contributed by atoms with Crippen LogP contribution < -0.4 is 4.90 Å². The summed E-state index contributed by atoms with van der Waals surface area (Å²) in [4.78, 5) is 30.7. The van der Waals surface area contributed by atoms with E-state index in [1.165, 1.54) is 0 Å². The van der Waals surface area contributed by atoms with Gasteiger partial charge in [-0.25, -0.2) is 8.42 Å². The van der Waals surface area contributed by atoms with Gasteiger partial charge in [0.1, 0.15) is 0 Å². The molecule has 1 aromatic heterocycles. The highest BCUT2D eigenvalue weighted by atomic mass is 32.2. The van der Waals surface area contributed by atoms with E-state index in [0.29, 0.717) is 12.8 Å². The van der Waals surface area contributed by atoms with Crippen molar-refractivity contribution >= 4 is 38.7 Å². The summed E-state index contributed by atoms with van der Waals surface area (Å²) < 4.78 is 23.5. The fourth-order valence-electron chi connectivity index (χ4n) is 4.11. The lowest BCUT2D eigenvalue weighted by Gasteiger charge is -2.42. The molecule has 2 atom stereocenters. The van der Waals surface area contributed by atoms with E-state index in [4.69, 9.17) is 0 Å². The lowest BCUT2D eigenvalue weighted by atomic mass is 9.85. The molecular weight excluding hydrogens is 408 g/mol. The Labute approximate surface area is 175 Å². The largest absolute Gasteiger partial charge is 0.340 e. The van der Waals surface area contributed by atoms with E-state index >= 15 is 0 Å². The van der Waals surface area contributed by atoms with Crippen molar-refractivity contribution in [2.24, 2.45) is 5.92 Å². The zero-order valence-corrected chi connectivity index (χ0v) is 17.9. The van der Waals surface area contributed by atoms with Crippen LogP contribution in [-0.2, 0) is 19.4 Å². The maximum atomic E-state index is 13.4. The van der Waals surface area contributed by atoms with E-state index in [2.05, 4.69) is 0 Å². The molecule has 2 aromatic rings. The van der Waals surface area contributed by atoms with Crippen molar-refractivity contribution < 1.29 is 18.0 Å². The van der Waals surface area contributed by atoms with Crippen LogP contribution in [-0.4, -0.2) is 49.7 Å². The van der Waals surface area contributed by atoms with Gasteiger partial charge in [0.2, 0.25) is 11.8 Å². The Bertz CT molecular complexity index is 986. The summed E-state index contributed by atoms with van der Waals surface area (Å²) in [6.45, 7) is 2.45. The number of nitrogens with zero attached hydrogens (tertiary/aromatic N) is 2. The van der Waals surface area contributed by atoms with Gasteiger partial charge in [-0.1, -0.05) is 23.8 Å². The highest BCUT2D eigenvalue weighted by Gasteiger charge is 2.44. The molecule has 0 saturated carbocycles. The smallest absolute Gasteiger partial charge is 0.228 e. The molecule has 6 nitrogen and oxygen atoms in total. The number of carbonyl (C=O) groups excluding carboxylic acids is 2. The van der Waals surface area contributed by atoms with Gasteiger partial charge in [0.05, 0.1) is 23.5 Å². The Hall–Kier alpha value is -2.19. The molecule has 1 aromatic carbocycles. The van der Waals surface area contributed by atoms with Crippen molar-refractivity contribution in [1.82, 2.24) is 4.90 Å². The molecule has 2 unspecified atom stereocenters. The number of hydrogen-bond acceptors (Lipinski definition) is 5. The van der Waals surface area contributed by atoms with Gasteiger partial charge in [0.15, 0.2) is 9.84 Å². The Morgan fingerprint density at radius 2 is 1.79 bits per heavy atom. The zero-order valence-electron chi connectivity index (χ0n) is 16.3. The number of amides is 2. The molecule has 2 saturated heterocycles. The third-order valence-electron chi connectivity index (χ3n) is 5.72. The summed E-state index contributed by atoms with van der Waals surface area (Å²) in [7, 11) is -3.06. The molecule has 0 N–H and O–H groups in total. The van der Waals surface area contributed by atoms with Gasteiger partial charge in [-0.3, -0.25) is 9.59 Å². The quantitative estimate of drug-likeness (QED) is 0.748. The molecule has 0 radical (unpaired) electrons. The average molecular weight is 433 g/mol. The molecule has 154 valence electrons. The summed E-state index contributed by atoms with van der Waals surface area (Å²) in [5, 5.41) is 1.96. The van der Waals surface area contributed by atoms with Crippen LogP contribution in [0.1, 0.15) is 29.3 Å². The van der Waals surface area contributed by atoms with Crippen LogP contribution in [0.5, 0.6) is 0 Å². The molecule has 2 aliphatic heterocycles. The molecule has 3 heterocycles. The fourth-order valence-corrected chi connectivity index (χ4v) is 6.20. The van der Waals surface area contributed by atoms with Gasteiger partial charge < -0.3 is 9.80 Å². The number of thiophene rings is 1. The number of sulfone groups is 1. The Morgan fingerprint density at radius 3 is 2.41 bits per heavy atom. The summed E-state index contributed by atoms with van der Waals surface area (Å²) in [6, 6.07) is 11.3. The van der Waals surface area contributed by atoms with Crippen molar-refractivity contribution in [3.8, 4) is 0 Å². The van der Waals surface area contributed by atoms with Crippen molar-refractivity contribution in [2.45, 2.75) is 25.8 Å². The van der Waals surface area contributed by atoms with E-state index in [1.807, 2.05) is 48.7 Å².